The predicted molar refractivity (Wildman–Crippen MR) is 69.2 cm³/mol. The molecule has 2 atom stereocenters. The monoisotopic (exact) mass is 292 g/mol. The number of halogens is 2. The second kappa shape index (κ2) is 6.11. The van der Waals surface area contributed by atoms with Gasteiger partial charge in [0.25, 0.3) is 5.91 Å². The lowest BCUT2D eigenvalue weighted by atomic mass is 9.99. The summed E-state index contributed by atoms with van der Waals surface area (Å²) < 4.78 is 0. The van der Waals surface area contributed by atoms with Crippen molar-refractivity contribution >= 4 is 35.1 Å². The number of hydrogen-bond donors (Lipinski definition) is 3. The average molecular weight is 293 g/mol. The van der Waals surface area contributed by atoms with Crippen molar-refractivity contribution in [2.24, 2.45) is 5.92 Å². The SMILES string of the molecule is CC[C@H](C)[C@H](NC(=O)c1cc(Cl)c(Cl)[nH]1)C(=O)O. The van der Waals surface area contributed by atoms with Gasteiger partial charge in [0, 0.05) is 0 Å². The van der Waals surface area contributed by atoms with Crippen LogP contribution in [-0.2, 0) is 4.79 Å². The molecule has 0 aliphatic rings. The summed E-state index contributed by atoms with van der Waals surface area (Å²) in [6.07, 6.45) is 0.642. The number of carbonyl (C=O) groups is 2. The fraction of sp³-hybridized carbons (Fsp3) is 0.455. The molecule has 1 heterocycles. The molecule has 0 spiro atoms. The summed E-state index contributed by atoms with van der Waals surface area (Å²) in [4.78, 5) is 25.5. The van der Waals surface area contributed by atoms with Crippen LogP contribution >= 0.6 is 23.2 Å². The summed E-state index contributed by atoms with van der Waals surface area (Å²) >= 11 is 11.4. The molecule has 0 bridgehead atoms. The molecule has 0 aliphatic carbocycles. The molecule has 1 aromatic rings. The minimum Gasteiger partial charge on any atom is -0.480 e. The van der Waals surface area contributed by atoms with Crippen LogP contribution in [0, 0.1) is 5.92 Å². The Bertz CT molecular complexity index is 440. The first-order valence-corrected chi connectivity index (χ1v) is 6.20. The highest BCUT2D eigenvalue weighted by Crippen LogP contribution is 2.22. The van der Waals surface area contributed by atoms with Crippen molar-refractivity contribution in [1.29, 1.82) is 0 Å². The Morgan fingerprint density at radius 1 is 1.50 bits per heavy atom. The van der Waals surface area contributed by atoms with E-state index in [1.165, 1.54) is 6.07 Å². The first kappa shape index (κ1) is 14.9. The zero-order valence-corrected chi connectivity index (χ0v) is 11.5. The van der Waals surface area contributed by atoms with Crippen molar-refractivity contribution in [3.8, 4) is 0 Å². The molecular weight excluding hydrogens is 279 g/mol. The number of carboxylic acids is 1. The molecule has 7 heteroatoms. The van der Waals surface area contributed by atoms with Crippen LogP contribution in [0.1, 0.15) is 30.8 Å². The molecule has 100 valence electrons. The molecule has 0 aliphatic heterocycles. The lowest BCUT2D eigenvalue weighted by Gasteiger charge is -2.19. The highest BCUT2D eigenvalue weighted by molar-refractivity contribution is 6.41. The van der Waals surface area contributed by atoms with Gasteiger partial charge >= 0.3 is 5.97 Å². The van der Waals surface area contributed by atoms with Gasteiger partial charge in [-0.1, -0.05) is 43.5 Å². The third kappa shape index (κ3) is 3.40. The minimum absolute atomic E-state index is 0.138. The molecule has 0 aromatic carbocycles. The number of amides is 1. The van der Waals surface area contributed by atoms with Crippen LogP contribution in [-0.4, -0.2) is 28.0 Å². The zero-order valence-electron chi connectivity index (χ0n) is 9.96. The van der Waals surface area contributed by atoms with Gasteiger partial charge in [0.05, 0.1) is 5.02 Å². The van der Waals surface area contributed by atoms with Gasteiger partial charge in [0.1, 0.15) is 16.9 Å². The Morgan fingerprint density at radius 2 is 2.11 bits per heavy atom. The number of aromatic nitrogens is 1. The summed E-state index contributed by atoms with van der Waals surface area (Å²) in [6.45, 7) is 3.61. The molecule has 0 radical (unpaired) electrons. The van der Waals surface area contributed by atoms with Gasteiger partial charge in [-0.2, -0.15) is 0 Å². The molecule has 5 nitrogen and oxygen atoms in total. The van der Waals surface area contributed by atoms with E-state index in [0.29, 0.717) is 6.42 Å². The summed E-state index contributed by atoms with van der Waals surface area (Å²) in [6, 6.07) is 0.415. The predicted octanol–water partition coefficient (Wildman–Crippen LogP) is 2.55. The third-order valence-electron chi connectivity index (χ3n) is 2.74. The summed E-state index contributed by atoms with van der Waals surface area (Å²) in [5.41, 5.74) is 0.138. The van der Waals surface area contributed by atoms with E-state index in [1.807, 2.05) is 6.92 Å². The minimum atomic E-state index is -1.07. The van der Waals surface area contributed by atoms with Gasteiger partial charge in [-0.05, 0) is 12.0 Å². The van der Waals surface area contributed by atoms with Crippen molar-refractivity contribution in [2.45, 2.75) is 26.3 Å². The second-order valence-electron chi connectivity index (χ2n) is 4.02. The van der Waals surface area contributed by atoms with E-state index < -0.39 is 17.9 Å². The van der Waals surface area contributed by atoms with E-state index in [4.69, 9.17) is 28.3 Å². The first-order chi connectivity index (χ1) is 8.36. The topological polar surface area (TPSA) is 82.2 Å². The van der Waals surface area contributed by atoms with Crippen LogP contribution in [0.5, 0.6) is 0 Å². The van der Waals surface area contributed by atoms with Crippen molar-refractivity contribution in [3.63, 3.8) is 0 Å². The molecule has 1 rings (SSSR count). The number of nitrogens with one attached hydrogen (secondary N) is 2. The van der Waals surface area contributed by atoms with E-state index in [2.05, 4.69) is 10.3 Å². The quantitative estimate of drug-likeness (QED) is 0.780. The van der Waals surface area contributed by atoms with Gasteiger partial charge in [0.2, 0.25) is 0 Å². The van der Waals surface area contributed by atoms with Crippen molar-refractivity contribution in [2.75, 3.05) is 0 Å². The van der Waals surface area contributed by atoms with Crippen LogP contribution in [0.25, 0.3) is 0 Å². The number of carbonyl (C=O) groups excluding carboxylic acids is 1. The number of carboxylic acid groups (broad SMARTS) is 1. The largest absolute Gasteiger partial charge is 0.480 e. The Hall–Kier alpha value is -1.20. The van der Waals surface area contributed by atoms with E-state index >= 15 is 0 Å². The normalized spacial score (nSPS) is 14.0. The first-order valence-electron chi connectivity index (χ1n) is 5.44. The molecule has 0 saturated carbocycles. The maximum Gasteiger partial charge on any atom is 0.326 e. The number of hydrogen-bond acceptors (Lipinski definition) is 2. The lowest BCUT2D eigenvalue weighted by molar-refractivity contribution is -0.140. The number of rotatable bonds is 5. The summed E-state index contributed by atoms with van der Waals surface area (Å²) in [5.74, 6) is -1.79. The van der Waals surface area contributed by atoms with Crippen molar-refractivity contribution in [1.82, 2.24) is 10.3 Å². The molecular formula is C11H14Cl2N2O3. The summed E-state index contributed by atoms with van der Waals surface area (Å²) in [7, 11) is 0. The van der Waals surface area contributed by atoms with E-state index in [9.17, 15) is 9.59 Å². The standard InChI is InChI=1S/C11H14Cl2N2O3/c1-3-5(2)8(11(17)18)15-10(16)7-4-6(12)9(13)14-7/h4-5,8,14H,3H2,1-2H3,(H,15,16)(H,17,18)/t5-,8-/m0/s1. The van der Waals surface area contributed by atoms with Crippen LogP contribution in [0.4, 0.5) is 0 Å². The smallest absolute Gasteiger partial charge is 0.326 e. The molecule has 0 fully saturated rings. The van der Waals surface area contributed by atoms with Gasteiger partial charge in [-0.3, -0.25) is 4.79 Å². The summed E-state index contributed by atoms with van der Waals surface area (Å²) in [5, 5.41) is 11.9. The highest BCUT2D eigenvalue weighted by Gasteiger charge is 2.26. The van der Waals surface area contributed by atoms with Crippen molar-refractivity contribution in [3.05, 3.63) is 21.9 Å². The third-order valence-corrected chi connectivity index (χ3v) is 3.43. The fourth-order valence-electron chi connectivity index (χ4n) is 1.43. The van der Waals surface area contributed by atoms with E-state index in [-0.39, 0.29) is 21.8 Å². The second-order valence-corrected chi connectivity index (χ2v) is 4.80. The Kier molecular flexibility index (Phi) is 5.04. The maximum absolute atomic E-state index is 11.8. The Balaban J connectivity index is 2.81. The van der Waals surface area contributed by atoms with Gasteiger partial charge in [-0.25, -0.2) is 4.79 Å². The number of aliphatic carboxylic acids is 1. The molecule has 18 heavy (non-hydrogen) atoms. The van der Waals surface area contributed by atoms with Crippen LogP contribution in [0.15, 0.2) is 6.07 Å². The number of H-pyrrole nitrogens is 1. The van der Waals surface area contributed by atoms with Crippen molar-refractivity contribution < 1.29 is 14.7 Å². The molecule has 0 unspecified atom stereocenters. The number of aromatic amines is 1. The molecule has 1 aromatic heterocycles. The zero-order chi connectivity index (χ0) is 13.9. The maximum atomic E-state index is 11.8. The average Bonchev–Trinajstić information content (AvgIpc) is 2.65. The van der Waals surface area contributed by atoms with Gasteiger partial charge < -0.3 is 15.4 Å². The van der Waals surface area contributed by atoms with Crippen LogP contribution in [0.3, 0.4) is 0 Å². The highest BCUT2D eigenvalue weighted by atomic mass is 35.5. The Labute approximate surface area is 114 Å². The van der Waals surface area contributed by atoms with Gasteiger partial charge in [0.15, 0.2) is 0 Å². The van der Waals surface area contributed by atoms with Gasteiger partial charge in [-0.15, -0.1) is 0 Å². The van der Waals surface area contributed by atoms with Crippen LogP contribution in [0.2, 0.25) is 10.2 Å². The van der Waals surface area contributed by atoms with E-state index in [0.717, 1.165) is 0 Å². The fourth-order valence-corrected chi connectivity index (χ4v) is 1.74. The molecule has 1 amide bonds. The molecule has 0 saturated heterocycles. The lowest BCUT2D eigenvalue weighted by Crippen LogP contribution is -2.45. The van der Waals surface area contributed by atoms with E-state index in [1.54, 1.807) is 6.92 Å². The van der Waals surface area contributed by atoms with Crippen LogP contribution < -0.4 is 5.32 Å². The Morgan fingerprint density at radius 3 is 2.50 bits per heavy atom. The molecule has 3 N–H and O–H groups in total.